The van der Waals surface area contributed by atoms with E-state index in [1.807, 2.05) is 0 Å². The van der Waals surface area contributed by atoms with Gasteiger partial charge in [-0.3, -0.25) is 0 Å². The van der Waals surface area contributed by atoms with Gasteiger partial charge in [0.25, 0.3) is 0 Å². The summed E-state index contributed by atoms with van der Waals surface area (Å²) in [4.78, 5) is 19.3. The molecule has 0 spiro atoms. The van der Waals surface area contributed by atoms with Gasteiger partial charge in [-0.15, -0.1) is 0 Å². The number of oxazole rings is 1. The first-order valence-corrected chi connectivity index (χ1v) is 13.7. The van der Waals surface area contributed by atoms with Crippen molar-refractivity contribution in [2.45, 2.75) is 70.7 Å². The molecule has 5 rings (SSSR count). The zero-order chi connectivity index (χ0) is 28.5. The number of nitrogens with one attached hydrogen (secondary N) is 1. The number of urea groups is 1. The quantitative estimate of drug-likeness (QED) is 0.303. The molecule has 1 saturated carbocycles. The van der Waals surface area contributed by atoms with Crippen LogP contribution in [-0.4, -0.2) is 44.8 Å². The van der Waals surface area contributed by atoms with Gasteiger partial charge in [0.1, 0.15) is 29.7 Å². The highest BCUT2D eigenvalue weighted by Crippen LogP contribution is 2.50. The topological polar surface area (TPSA) is 117 Å². The molecule has 214 valence electrons. The number of anilines is 1. The number of carbonyl (C=O) groups is 1. The lowest BCUT2D eigenvalue weighted by atomic mass is 9.84. The first kappa shape index (κ1) is 27.9. The fourth-order valence-corrected chi connectivity index (χ4v) is 5.16. The third-order valence-electron chi connectivity index (χ3n) is 7.39. The molecule has 2 fully saturated rings. The average Bonchev–Trinajstić information content (AvgIpc) is 3.57. The summed E-state index contributed by atoms with van der Waals surface area (Å²) in [5.74, 6) is 2.03. The van der Waals surface area contributed by atoms with Crippen molar-refractivity contribution in [2.75, 3.05) is 18.4 Å². The van der Waals surface area contributed by atoms with Crippen LogP contribution in [0.25, 0.3) is 0 Å². The van der Waals surface area contributed by atoms with Crippen molar-refractivity contribution in [3.63, 3.8) is 0 Å². The average molecular weight is 554 g/mol. The van der Waals surface area contributed by atoms with Crippen molar-refractivity contribution in [3.8, 4) is 17.2 Å². The Labute approximate surface area is 232 Å². The summed E-state index contributed by atoms with van der Waals surface area (Å²) in [6, 6.07) is 10.4. The van der Waals surface area contributed by atoms with Crippen LogP contribution in [0.15, 0.2) is 46.9 Å². The molecule has 10 heteroatoms. The standard InChI is InChI=1S/C30H36FN3O6/c1-19(2)17-29(37)10-12-34(13-11-29)28(36)33-22-14-24(38-23-6-4-21(31)5-7-23)16-25(15-22)40-30(8-9-30)27-32-20(3)26(18-35)39-27/h4-7,14-16,19,35,37H,8-13,17-18H2,1-3H3,(H,33,36). The zero-order valence-electron chi connectivity index (χ0n) is 23.1. The fourth-order valence-electron chi connectivity index (χ4n) is 5.16. The number of aryl methyl sites for hydroxylation is 1. The minimum atomic E-state index is -0.776. The van der Waals surface area contributed by atoms with E-state index in [2.05, 4.69) is 24.1 Å². The van der Waals surface area contributed by atoms with Crippen molar-refractivity contribution in [3.05, 3.63) is 65.6 Å². The van der Waals surface area contributed by atoms with E-state index in [0.29, 0.717) is 91.4 Å². The molecule has 1 aromatic heterocycles. The molecule has 9 nitrogen and oxygen atoms in total. The molecular formula is C30H36FN3O6. The molecule has 3 N–H and O–H groups in total. The predicted molar refractivity (Wildman–Crippen MR) is 146 cm³/mol. The van der Waals surface area contributed by atoms with Gasteiger partial charge in [0.15, 0.2) is 11.4 Å². The van der Waals surface area contributed by atoms with Crippen LogP contribution in [0.3, 0.4) is 0 Å². The number of amides is 2. The van der Waals surface area contributed by atoms with Crippen molar-refractivity contribution in [1.29, 1.82) is 0 Å². The Kier molecular flexibility index (Phi) is 7.74. The van der Waals surface area contributed by atoms with Gasteiger partial charge >= 0.3 is 6.03 Å². The lowest BCUT2D eigenvalue weighted by Gasteiger charge is -2.39. The van der Waals surface area contributed by atoms with E-state index in [0.717, 1.165) is 0 Å². The summed E-state index contributed by atoms with van der Waals surface area (Å²) in [5, 5.41) is 23.3. The number of hydrogen-bond acceptors (Lipinski definition) is 7. The summed E-state index contributed by atoms with van der Waals surface area (Å²) in [7, 11) is 0. The maximum Gasteiger partial charge on any atom is 0.321 e. The van der Waals surface area contributed by atoms with Crippen LogP contribution in [0.1, 0.15) is 63.3 Å². The van der Waals surface area contributed by atoms with E-state index >= 15 is 0 Å². The molecule has 1 aliphatic carbocycles. The highest BCUT2D eigenvalue weighted by molar-refractivity contribution is 5.90. The molecule has 3 aromatic rings. The molecule has 2 aromatic carbocycles. The molecule has 2 aliphatic rings. The molecule has 2 amide bonds. The summed E-state index contributed by atoms with van der Waals surface area (Å²) in [6.45, 7) is 6.57. The highest BCUT2D eigenvalue weighted by atomic mass is 19.1. The van der Waals surface area contributed by atoms with Crippen LogP contribution in [0, 0.1) is 18.7 Å². The molecule has 0 bridgehead atoms. The maximum atomic E-state index is 13.4. The molecule has 0 radical (unpaired) electrons. The van der Waals surface area contributed by atoms with Crippen LogP contribution in [0.4, 0.5) is 14.9 Å². The number of likely N-dealkylation sites (tertiary alicyclic amines) is 1. The van der Waals surface area contributed by atoms with Crippen LogP contribution in [-0.2, 0) is 12.2 Å². The number of piperidine rings is 1. The molecule has 2 heterocycles. The Bertz CT molecular complexity index is 1340. The van der Waals surface area contributed by atoms with Gasteiger partial charge in [-0.1, -0.05) is 13.8 Å². The molecule has 1 saturated heterocycles. The zero-order valence-corrected chi connectivity index (χ0v) is 23.1. The first-order valence-electron chi connectivity index (χ1n) is 13.7. The van der Waals surface area contributed by atoms with E-state index in [4.69, 9.17) is 13.9 Å². The van der Waals surface area contributed by atoms with Crippen LogP contribution in [0.2, 0.25) is 0 Å². The number of aliphatic hydroxyl groups is 2. The van der Waals surface area contributed by atoms with Gasteiger partial charge < -0.3 is 34.3 Å². The van der Waals surface area contributed by atoms with Crippen molar-refractivity contribution < 1.29 is 33.3 Å². The summed E-state index contributed by atoms with van der Waals surface area (Å²) in [5.41, 5.74) is -0.461. The number of halogens is 1. The Morgan fingerprint density at radius 2 is 1.77 bits per heavy atom. The summed E-state index contributed by atoms with van der Waals surface area (Å²) >= 11 is 0. The van der Waals surface area contributed by atoms with E-state index < -0.39 is 11.2 Å². The second kappa shape index (κ2) is 11.1. The van der Waals surface area contributed by atoms with Gasteiger partial charge in [0, 0.05) is 49.8 Å². The maximum absolute atomic E-state index is 13.4. The molecule has 40 heavy (non-hydrogen) atoms. The summed E-state index contributed by atoms with van der Waals surface area (Å²) in [6.07, 6.45) is 3.10. The Morgan fingerprint density at radius 1 is 1.10 bits per heavy atom. The van der Waals surface area contributed by atoms with Crippen molar-refractivity contribution >= 4 is 11.7 Å². The number of benzene rings is 2. The largest absolute Gasteiger partial charge is 0.477 e. The minimum Gasteiger partial charge on any atom is -0.477 e. The van der Waals surface area contributed by atoms with Gasteiger partial charge in [0.05, 0.1) is 11.3 Å². The van der Waals surface area contributed by atoms with Crippen LogP contribution in [0.5, 0.6) is 17.2 Å². The Hall–Kier alpha value is -3.63. The second-order valence-corrected chi connectivity index (χ2v) is 11.3. The molecular weight excluding hydrogens is 517 g/mol. The first-order chi connectivity index (χ1) is 19.1. The van der Waals surface area contributed by atoms with Gasteiger partial charge in [0.2, 0.25) is 5.89 Å². The molecule has 1 aliphatic heterocycles. The number of hydrogen-bond donors (Lipinski definition) is 3. The lowest BCUT2D eigenvalue weighted by molar-refractivity contribution is -0.0268. The lowest BCUT2D eigenvalue weighted by Crippen LogP contribution is -2.48. The second-order valence-electron chi connectivity index (χ2n) is 11.3. The van der Waals surface area contributed by atoms with E-state index in [1.165, 1.54) is 24.3 Å². The fraction of sp³-hybridized carbons (Fsp3) is 0.467. The van der Waals surface area contributed by atoms with E-state index in [9.17, 15) is 19.4 Å². The smallest absolute Gasteiger partial charge is 0.321 e. The third-order valence-corrected chi connectivity index (χ3v) is 7.39. The third kappa shape index (κ3) is 6.39. The van der Waals surface area contributed by atoms with Gasteiger partial charge in [-0.2, -0.15) is 0 Å². The number of nitrogens with zero attached hydrogens (tertiary/aromatic N) is 2. The number of rotatable bonds is 9. The number of ether oxygens (including phenoxy) is 2. The number of carbonyl (C=O) groups excluding carboxylic acids is 1. The SMILES string of the molecule is Cc1nc(C2(Oc3cc(NC(=O)N4CCC(O)(CC(C)C)CC4)cc(Oc4ccc(F)cc4)c3)CC2)oc1CO. The highest BCUT2D eigenvalue weighted by Gasteiger charge is 2.52. The normalized spacial score (nSPS) is 17.5. The molecule has 0 atom stereocenters. The molecule has 0 unspecified atom stereocenters. The van der Waals surface area contributed by atoms with Crippen molar-refractivity contribution in [1.82, 2.24) is 9.88 Å². The summed E-state index contributed by atoms with van der Waals surface area (Å²) < 4.78 is 31.5. The monoisotopic (exact) mass is 553 g/mol. The number of aromatic nitrogens is 1. The predicted octanol–water partition coefficient (Wildman–Crippen LogP) is 5.88. The minimum absolute atomic E-state index is 0.253. The van der Waals surface area contributed by atoms with Gasteiger partial charge in [-0.25, -0.2) is 14.2 Å². The van der Waals surface area contributed by atoms with E-state index in [-0.39, 0.29) is 18.5 Å². The van der Waals surface area contributed by atoms with Crippen LogP contribution < -0.4 is 14.8 Å². The Balaban J connectivity index is 1.35. The van der Waals surface area contributed by atoms with Crippen molar-refractivity contribution in [2.24, 2.45) is 5.92 Å². The van der Waals surface area contributed by atoms with E-state index in [1.54, 1.807) is 30.0 Å². The number of aliphatic hydroxyl groups excluding tert-OH is 1. The van der Waals surface area contributed by atoms with Crippen LogP contribution >= 0.6 is 0 Å². The van der Waals surface area contributed by atoms with Gasteiger partial charge in [-0.05, 0) is 56.4 Å². The Morgan fingerprint density at radius 3 is 2.38 bits per heavy atom.